The molecule has 0 saturated carbocycles. The Labute approximate surface area is 234 Å². The molecule has 9 heteroatoms. The van der Waals surface area contributed by atoms with E-state index >= 15 is 0 Å². The number of benzene rings is 3. The molecule has 1 unspecified atom stereocenters. The van der Waals surface area contributed by atoms with Crippen LogP contribution in [-0.2, 0) is 38.8 Å². The van der Waals surface area contributed by atoms with Crippen molar-refractivity contribution in [1.29, 1.82) is 0 Å². The number of pyridine rings is 1. The molecule has 0 aliphatic heterocycles. The zero-order valence-electron chi connectivity index (χ0n) is 21.9. The van der Waals surface area contributed by atoms with E-state index in [9.17, 15) is 23.1 Å². The van der Waals surface area contributed by atoms with Gasteiger partial charge in [-0.3, -0.25) is 14.6 Å². The molecule has 0 aliphatic carbocycles. The van der Waals surface area contributed by atoms with Crippen molar-refractivity contribution in [2.75, 3.05) is 10.8 Å². The summed E-state index contributed by atoms with van der Waals surface area (Å²) in [7, 11) is -3.69. The van der Waals surface area contributed by atoms with Gasteiger partial charge in [0.25, 0.3) is 0 Å². The van der Waals surface area contributed by atoms with Gasteiger partial charge in [0.1, 0.15) is 0 Å². The Morgan fingerprint density at radius 2 is 1.62 bits per heavy atom. The molecule has 0 saturated heterocycles. The first-order chi connectivity index (χ1) is 19.3. The summed E-state index contributed by atoms with van der Waals surface area (Å²) in [5.41, 5.74) is 7.27. The molecule has 0 aliphatic rings. The van der Waals surface area contributed by atoms with Crippen LogP contribution in [0.3, 0.4) is 0 Å². The largest absolute Gasteiger partial charge is 0.481 e. The van der Waals surface area contributed by atoms with E-state index in [1.54, 1.807) is 54.7 Å². The van der Waals surface area contributed by atoms with Gasteiger partial charge in [0.05, 0.1) is 35.0 Å². The third-order valence-electron chi connectivity index (χ3n) is 6.55. The molecule has 206 valence electrons. The first-order valence-corrected chi connectivity index (χ1v) is 14.5. The maximum atomic E-state index is 13.1. The second kappa shape index (κ2) is 13.6. The number of carboxylic acids is 1. The molecule has 2 N–H and O–H groups in total. The van der Waals surface area contributed by atoms with E-state index < -0.39 is 21.7 Å². The lowest BCUT2D eigenvalue weighted by Crippen LogP contribution is -2.36. The number of hydrazine groups is 1. The van der Waals surface area contributed by atoms with Crippen molar-refractivity contribution in [2.45, 2.75) is 36.6 Å². The number of rotatable bonds is 14. The Bertz CT molecular complexity index is 1510. The van der Waals surface area contributed by atoms with Gasteiger partial charge < -0.3 is 5.11 Å². The van der Waals surface area contributed by atoms with E-state index in [1.165, 1.54) is 5.01 Å². The number of hydrogen-bond acceptors (Lipinski definition) is 6. The highest BCUT2D eigenvalue weighted by Gasteiger charge is 2.24. The summed E-state index contributed by atoms with van der Waals surface area (Å²) < 4.78 is 26.3. The molecule has 3 aromatic carbocycles. The minimum Gasteiger partial charge on any atom is -0.481 e. The number of sulfone groups is 1. The van der Waals surface area contributed by atoms with Crippen LogP contribution in [0.1, 0.15) is 34.7 Å². The van der Waals surface area contributed by atoms with Crippen molar-refractivity contribution >= 4 is 27.9 Å². The van der Waals surface area contributed by atoms with Crippen LogP contribution in [0.15, 0.2) is 108 Å². The first-order valence-electron chi connectivity index (χ1n) is 12.9. The number of carbonyl (C=O) groups is 2. The number of carboxylic acid groups (broad SMARTS) is 1. The van der Waals surface area contributed by atoms with E-state index in [0.717, 1.165) is 23.2 Å². The van der Waals surface area contributed by atoms with Gasteiger partial charge in [0.15, 0.2) is 9.84 Å². The van der Waals surface area contributed by atoms with Crippen LogP contribution in [0.5, 0.6) is 0 Å². The van der Waals surface area contributed by atoms with E-state index in [4.69, 9.17) is 0 Å². The van der Waals surface area contributed by atoms with Gasteiger partial charge in [-0.1, -0.05) is 60.7 Å². The lowest BCUT2D eigenvalue weighted by atomic mass is 9.98. The lowest BCUT2D eigenvalue weighted by molar-refractivity contribution is -0.137. The van der Waals surface area contributed by atoms with Gasteiger partial charge in [-0.15, -0.1) is 0 Å². The number of aromatic nitrogens is 1. The predicted octanol–water partition coefficient (Wildman–Crippen LogP) is 4.57. The average molecular weight is 558 g/mol. The Morgan fingerprint density at radius 1 is 0.900 bits per heavy atom. The topological polar surface area (TPSA) is 117 Å². The summed E-state index contributed by atoms with van der Waals surface area (Å²) in [5, 5.41) is 10.7. The minimum atomic E-state index is -3.69. The van der Waals surface area contributed by atoms with E-state index in [1.807, 2.05) is 48.5 Å². The molecular weight excluding hydrogens is 526 g/mol. The van der Waals surface area contributed by atoms with Crippen molar-refractivity contribution < 1.29 is 23.1 Å². The molecular formula is C31H31N3O5S. The molecule has 0 fully saturated rings. The Kier molecular flexibility index (Phi) is 9.77. The fraction of sp³-hybridized carbons (Fsp3) is 0.194. The van der Waals surface area contributed by atoms with Crippen LogP contribution in [0, 0.1) is 0 Å². The zero-order chi connectivity index (χ0) is 28.4. The summed E-state index contributed by atoms with van der Waals surface area (Å²) >= 11 is 0. The van der Waals surface area contributed by atoms with E-state index in [2.05, 4.69) is 10.4 Å². The summed E-state index contributed by atoms with van der Waals surface area (Å²) in [4.78, 5) is 27.5. The molecule has 1 amide bonds. The van der Waals surface area contributed by atoms with Gasteiger partial charge in [0.2, 0.25) is 6.41 Å². The van der Waals surface area contributed by atoms with Crippen LogP contribution in [0.4, 0.5) is 5.69 Å². The second-order valence-corrected chi connectivity index (χ2v) is 11.5. The quantitative estimate of drug-likeness (QED) is 0.172. The molecule has 4 rings (SSSR count). The minimum absolute atomic E-state index is 0.171. The summed E-state index contributed by atoms with van der Waals surface area (Å²) in [6.07, 6.45) is 3.53. The number of aliphatic carboxylic acids is 1. The lowest BCUT2D eigenvalue weighted by Gasteiger charge is -2.19. The van der Waals surface area contributed by atoms with Crippen LogP contribution in [-0.4, -0.2) is 36.6 Å². The number of amides is 1. The van der Waals surface area contributed by atoms with Crippen molar-refractivity contribution in [3.63, 3.8) is 0 Å². The van der Waals surface area contributed by atoms with Crippen LogP contribution < -0.4 is 10.4 Å². The highest BCUT2D eigenvalue weighted by molar-refractivity contribution is 7.91. The van der Waals surface area contributed by atoms with E-state index in [-0.39, 0.29) is 17.1 Å². The van der Waals surface area contributed by atoms with Crippen molar-refractivity contribution in [2.24, 2.45) is 0 Å². The van der Waals surface area contributed by atoms with Gasteiger partial charge in [-0.05, 0) is 65.9 Å². The Morgan fingerprint density at radius 3 is 2.30 bits per heavy atom. The van der Waals surface area contributed by atoms with Crippen LogP contribution in [0.2, 0.25) is 0 Å². The van der Waals surface area contributed by atoms with Gasteiger partial charge in [-0.25, -0.2) is 18.9 Å². The molecule has 0 bridgehead atoms. The molecule has 0 radical (unpaired) electrons. The zero-order valence-corrected chi connectivity index (χ0v) is 22.7. The monoisotopic (exact) mass is 557 g/mol. The van der Waals surface area contributed by atoms with Gasteiger partial charge in [0, 0.05) is 12.1 Å². The summed E-state index contributed by atoms with van der Waals surface area (Å²) in [5.74, 6) is -1.96. The maximum absolute atomic E-state index is 13.1. The fourth-order valence-electron chi connectivity index (χ4n) is 4.44. The molecule has 4 aromatic rings. The van der Waals surface area contributed by atoms with Gasteiger partial charge >= 0.3 is 5.97 Å². The number of nitrogens with one attached hydrogen (secondary N) is 1. The molecule has 0 spiro atoms. The summed E-state index contributed by atoms with van der Waals surface area (Å²) in [6, 6.07) is 28.9. The Balaban J connectivity index is 1.38. The highest BCUT2D eigenvalue weighted by atomic mass is 32.2. The fourth-order valence-corrected chi connectivity index (χ4v) is 6.03. The van der Waals surface area contributed by atoms with Gasteiger partial charge in [-0.2, -0.15) is 0 Å². The smallest absolute Gasteiger partial charge is 0.303 e. The summed E-state index contributed by atoms with van der Waals surface area (Å²) in [6.45, 7) is 0.404. The Hall–Kier alpha value is -4.34. The van der Waals surface area contributed by atoms with Crippen molar-refractivity contribution in [3.8, 4) is 0 Å². The maximum Gasteiger partial charge on any atom is 0.303 e. The van der Waals surface area contributed by atoms with E-state index in [0.29, 0.717) is 30.6 Å². The van der Waals surface area contributed by atoms with Crippen molar-refractivity contribution in [3.05, 3.63) is 126 Å². The third kappa shape index (κ3) is 8.08. The highest BCUT2D eigenvalue weighted by Crippen LogP contribution is 2.25. The molecule has 8 nitrogen and oxygen atoms in total. The number of aryl methyl sites for hydroxylation is 2. The first kappa shape index (κ1) is 28.7. The number of nitrogens with zero attached hydrogens (tertiary/aromatic N) is 2. The average Bonchev–Trinajstić information content (AvgIpc) is 2.97. The third-order valence-corrected chi connectivity index (χ3v) is 8.38. The molecule has 1 aromatic heterocycles. The normalized spacial score (nSPS) is 12.0. The number of hydrogen-bond donors (Lipinski definition) is 2. The van der Waals surface area contributed by atoms with Crippen LogP contribution >= 0.6 is 0 Å². The van der Waals surface area contributed by atoms with Crippen molar-refractivity contribution in [1.82, 2.24) is 10.4 Å². The second-order valence-electron chi connectivity index (χ2n) is 9.43. The molecule has 1 atom stereocenters. The molecule has 1 heterocycles. The predicted molar refractivity (Wildman–Crippen MR) is 153 cm³/mol. The SMILES string of the molecule is O=CN(NCc1ccccn1)c1cccc(CCc2ccc(S(=O)(=O)CC(CC(=O)O)c3ccccc3)cc2)c1. The molecule has 40 heavy (non-hydrogen) atoms. The standard InChI is InChI=1S/C31H31N3O5S/c35-23-34(33-21-28-10-4-5-18-32-28)29-11-6-7-25(19-29)13-12-24-14-16-30(17-15-24)40(38,39)22-27(20-31(36)37)26-8-2-1-3-9-26/h1-11,14-19,23,27,33H,12-13,20-22H2,(H,36,37). The number of carbonyl (C=O) groups excluding carboxylic acids is 1. The van der Waals surface area contributed by atoms with Crippen LogP contribution in [0.25, 0.3) is 0 Å². The number of anilines is 1.